The third-order valence-electron chi connectivity index (χ3n) is 2.60. The summed E-state index contributed by atoms with van der Waals surface area (Å²) < 4.78 is 26.2. The number of hydrogen-bond donors (Lipinski definition) is 2. The van der Waals surface area contributed by atoms with E-state index in [4.69, 9.17) is 5.73 Å². The van der Waals surface area contributed by atoms with Crippen molar-refractivity contribution in [1.29, 1.82) is 0 Å². The SMILES string of the molecule is NC(=O)C(Nc1cccc(F)c1)c1cccc(F)c1. The molecular weight excluding hydrogens is 250 g/mol. The molecule has 0 aliphatic rings. The quantitative estimate of drug-likeness (QED) is 0.889. The molecule has 19 heavy (non-hydrogen) atoms. The van der Waals surface area contributed by atoms with Crippen molar-refractivity contribution in [2.45, 2.75) is 6.04 Å². The number of carbonyl (C=O) groups is 1. The van der Waals surface area contributed by atoms with Crippen LogP contribution in [0, 0.1) is 11.6 Å². The van der Waals surface area contributed by atoms with E-state index in [-0.39, 0.29) is 0 Å². The number of halogens is 2. The fourth-order valence-corrected chi connectivity index (χ4v) is 1.75. The number of rotatable bonds is 4. The molecule has 3 nitrogen and oxygen atoms in total. The molecule has 1 amide bonds. The van der Waals surface area contributed by atoms with Gasteiger partial charge in [0.1, 0.15) is 17.7 Å². The van der Waals surface area contributed by atoms with Gasteiger partial charge in [0.25, 0.3) is 0 Å². The fraction of sp³-hybridized carbons (Fsp3) is 0.0714. The van der Waals surface area contributed by atoms with Gasteiger partial charge in [0.05, 0.1) is 0 Å². The second-order valence-corrected chi connectivity index (χ2v) is 4.05. The van der Waals surface area contributed by atoms with E-state index < -0.39 is 23.6 Å². The first kappa shape index (κ1) is 13.0. The molecule has 0 saturated carbocycles. The van der Waals surface area contributed by atoms with Gasteiger partial charge in [0, 0.05) is 5.69 Å². The molecule has 2 aromatic carbocycles. The highest BCUT2D eigenvalue weighted by atomic mass is 19.1. The highest BCUT2D eigenvalue weighted by molar-refractivity contribution is 5.84. The summed E-state index contributed by atoms with van der Waals surface area (Å²) in [5.41, 5.74) is 6.07. The Hall–Kier alpha value is -2.43. The van der Waals surface area contributed by atoms with Crippen molar-refractivity contribution in [3.8, 4) is 0 Å². The van der Waals surface area contributed by atoms with E-state index in [1.54, 1.807) is 12.1 Å². The van der Waals surface area contributed by atoms with Gasteiger partial charge in [-0.3, -0.25) is 4.79 Å². The monoisotopic (exact) mass is 262 g/mol. The van der Waals surface area contributed by atoms with E-state index in [0.717, 1.165) is 0 Å². The van der Waals surface area contributed by atoms with Gasteiger partial charge in [-0.25, -0.2) is 8.78 Å². The van der Waals surface area contributed by atoms with Gasteiger partial charge in [-0.2, -0.15) is 0 Å². The maximum atomic E-state index is 13.2. The fourth-order valence-electron chi connectivity index (χ4n) is 1.75. The van der Waals surface area contributed by atoms with Gasteiger partial charge in [0.2, 0.25) is 5.91 Å². The van der Waals surface area contributed by atoms with Gasteiger partial charge in [0.15, 0.2) is 0 Å². The molecule has 3 N–H and O–H groups in total. The molecule has 2 rings (SSSR count). The standard InChI is InChI=1S/C14H12F2N2O/c15-10-4-1-3-9(7-10)13(14(17)19)18-12-6-2-5-11(16)8-12/h1-8,13,18H,(H2,17,19). The Morgan fingerprint density at radius 2 is 1.68 bits per heavy atom. The van der Waals surface area contributed by atoms with E-state index >= 15 is 0 Å². The van der Waals surface area contributed by atoms with Crippen LogP contribution in [0.15, 0.2) is 48.5 Å². The number of amides is 1. The number of nitrogens with two attached hydrogens (primary N) is 1. The van der Waals surface area contributed by atoms with Crippen LogP contribution < -0.4 is 11.1 Å². The molecule has 0 bridgehead atoms. The van der Waals surface area contributed by atoms with E-state index in [2.05, 4.69) is 5.32 Å². The Kier molecular flexibility index (Phi) is 3.75. The first-order chi connectivity index (χ1) is 9.06. The van der Waals surface area contributed by atoms with E-state index in [0.29, 0.717) is 11.3 Å². The van der Waals surface area contributed by atoms with Crippen molar-refractivity contribution in [2.75, 3.05) is 5.32 Å². The van der Waals surface area contributed by atoms with E-state index in [9.17, 15) is 13.6 Å². The number of benzene rings is 2. The lowest BCUT2D eigenvalue weighted by Gasteiger charge is -2.17. The van der Waals surface area contributed by atoms with Crippen LogP contribution in [-0.4, -0.2) is 5.91 Å². The average molecular weight is 262 g/mol. The summed E-state index contributed by atoms with van der Waals surface area (Å²) in [7, 11) is 0. The summed E-state index contributed by atoms with van der Waals surface area (Å²) in [5, 5.41) is 2.78. The van der Waals surface area contributed by atoms with Gasteiger partial charge in [-0.15, -0.1) is 0 Å². The normalized spacial score (nSPS) is 11.9. The zero-order chi connectivity index (χ0) is 13.8. The molecule has 1 unspecified atom stereocenters. The van der Waals surface area contributed by atoms with Gasteiger partial charge in [-0.1, -0.05) is 18.2 Å². The summed E-state index contributed by atoms with van der Waals surface area (Å²) >= 11 is 0. The number of carbonyl (C=O) groups excluding carboxylic acids is 1. The lowest BCUT2D eigenvalue weighted by atomic mass is 10.1. The Morgan fingerprint density at radius 3 is 2.26 bits per heavy atom. The second kappa shape index (κ2) is 5.48. The van der Waals surface area contributed by atoms with Gasteiger partial charge >= 0.3 is 0 Å². The number of hydrogen-bond acceptors (Lipinski definition) is 2. The number of nitrogens with one attached hydrogen (secondary N) is 1. The Bertz CT molecular complexity index is 602. The van der Waals surface area contributed by atoms with E-state index in [1.807, 2.05) is 0 Å². The Labute approximate surface area is 109 Å². The smallest absolute Gasteiger partial charge is 0.244 e. The molecule has 0 spiro atoms. The zero-order valence-electron chi connectivity index (χ0n) is 9.94. The molecular formula is C14H12F2N2O. The van der Waals surface area contributed by atoms with Crippen LogP contribution in [0.25, 0.3) is 0 Å². The first-order valence-electron chi connectivity index (χ1n) is 5.63. The largest absolute Gasteiger partial charge is 0.370 e. The highest BCUT2D eigenvalue weighted by Gasteiger charge is 2.18. The topological polar surface area (TPSA) is 55.1 Å². The summed E-state index contributed by atoms with van der Waals surface area (Å²) in [5.74, 6) is -1.58. The minimum absolute atomic E-state index is 0.386. The van der Waals surface area contributed by atoms with Crippen LogP contribution in [-0.2, 0) is 4.79 Å². The van der Waals surface area contributed by atoms with Crippen LogP contribution in [0.2, 0.25) is 0 Å². The molecule has 0 heterocycles. The number of anilines is 1. The van der Waals surface area contributed by atoms with Crippen molar-refractivity contribution < 1.29 is 13.6 Å². The van der Waals surface area contributed by atoms with Crippen molar-refractivity contribution in [3.05, 3.63) is 65.7 Å². The maximum absolute atomic E-state index is 13.2. The van der Waals surface area contributed by atoms with Crippen molar-refractivity contribution in [2.24, 2.45) is 5.73 Å². The molecule has 0 aromatic heterocycles. The van der Waals surface area contributed by atoms with Crippen molar-refractivity contribution in [3.63, 3.8) is 0 Å². The van der Waals surface area contributed by atoms with Gasteiger partial charge in [-0.05, 0) is 35.9 Å². The molecule has 0 fully saturated rings. The third-order valence-corrected chi connectivity index (χ3v) is 2.60. The average Bonchev–Trinajstić information content (AvgIpc) is 2.35. The van der Waals surface area contributed by atoms with Crippen LogP contribution in [0.1, 0.15) is 11.6 Å². The van der Waals surface area contributed by atoms with Gasteiger partial charge < -0.3 is 11.1 Å². The van der Waals surface area contributed by atoms with Crippen LogP contribution in [0.4, 0.5) is 14.5 Å². The highest BCUT2D eigenvalue weighted by Crippen LogP contribution is 2.20. The molecule has 0 aliphatic heterocycles. The summed E-state index contributed by atoms with van der Waals surface area (Å²) in [4.78, 5) is 11.4. The first-order valence-corrected chi connectivity index (χ1v) is 5.63. The molecule has 2 aromatic rings. The van der Waals surface area contributed by atoms with Crippen LogP contribution >= 0.6 is 0 Å². The molecule has 0 radical (unpaired) electrons. The predicted molar refractivity (Wildman–Crippen MR) is 68.4 cm³/mol. The molecule has 0 saturated heterocycles. The van der Waals surface area contributed by atoms with E-state index in [1.165, 1.54) is 36.4 Å². The summed E-state index contributed by atoms with van der Waals surface area (Å²) in [6, 6.07) is 10.2. The predicted octanol–water partition coefficient (Wildman–Crippen LogP) is 2.60. The lowest BCUT2D eigenvalue weighted by molar-refractivity contribution is -0.118. The summed E-state index contributed by atoms with van der Waals surface area (Å²) in [6.07, 6.45) is 0. The zero-order valence-corrected chi connectivity index (χ0v) is 9.94. The maximum Gasteiger partial charge on any atom is 0.244 e. The van der Waals surface area contributed by atoms with Crippen LogP contribution in [0.3, 0.4) is 0 Å². The molecule has 1 atom stereocenters. The molecule has 98 valence electrons. The minimum Gasteiger partial charge on any atom is -0.370 e. The lowest BCUT2D eigenvalue weighted by Crippen LogP contribution is -2.27. The molecule has 5 heteroatoms. The minimum atomic E-state index is -0.919. The Morgan fingerprint density at radius 1 is 1.05 bits per heavy atom. The second-order valence-electron chi connectivity index (χ2n) is 4.05. The van der Waals surface area contributed by atoms with Crippen LogP contribution in [0.5, 0.6) is 0 Å². The Balaban J connectivity index is 2.29. The van der Waals surface area contributed by atoms with Crippen molar-refractivity contribution >= 4 is 11.6 Å². The molecule has 0 aliphatic carbocycles. The summed E-state index contributed by atoms with van der Waals surface area (Å²) in [6.45, 7) is 0. The van der Waals surface area contributed by atoms with Crippen molar-refractivity contribution in [1.82, 2.24) is 0 Å². The third kappa shape index (κ3) is 3.28. The number of primary amides is 1.